The molecule has 156 valence electrons. The van der Waals surface area contributed by atoms with Crippen molar-refractivity contribution >= 4 is 29.3 Å². The first-order valence-electron chi connectivity index (χ1n) is 9.84. The van der Waals surface area contributed by atoms with E-state index in [1.54, 1.807) is 12.1 Å². The fourth-order valence-electron chi connectivity index (χ4n) is 3.01. The van der Waals surface area contributed by atoms with Gasteiger partial charge in [-0.2, -0.15) is 5.26 Å². The van der Waals surface area contributed by atoms with Gasteiger partial charge in [-0.25, -0.2) is 0 Å². The van der Waals surface area contributed by atoms with E-state index in [4.69, 9.17) is 16.3 Å². The van der Waals surface area contributed by atoms with Crippen LogP contribution in [-0.2, 0) is 11.4 Å². The summed E-state index contributed by atoms with van der Waals surface area (Å²) >= 11 is 6.02. The smallest absolute Gasteiger partial charge is 0.266 e. The number of benzene rings is 3. The lowest BCUT2D eigenvalue weighted by atomic mass is 10.1. The van der Waals surface area contributed by atoms with Crippen molar-refractivity contribution in [3.05, 3.63) is 99.1 Å². The van der Waals surface area contributed by atoms with Gasteiger partial charge in [0, 0.05) is 16.3 Å². The Kier molecular flexibility index (Phi) is 7.12. The number of aryl methyl sites for hydroxylation is 3. The fourth-order valence-corrected chi connectivity index (χ4v) is 3.18. The van der Waals surface area contributed by atoms with Crippen LogP contribution in [0.25, 0.3) is 6.08 Å². The molecule has 0 saturated carbocycles. The van der Waals surface area contributed by atoms with Crippen LogP contribution >= 0.6 is 11.6 Å². The average molecular weight is 431 g/mol. The van der Waals surface area contributed by atoms with E-state index in [1.807, 2.05) is 49.4 Å². The van der Waals surface area contributed by atoms with E-state index < -0.39 is 5.91 Å². The lowest BCUT2D eigenvalue weighted by molar-refractivity contribution is -0.112. The Morgan fingerprint density at radius 1 is 1.03 bits per heavy atom. The zero-order valence-corrected chi connectivity index (χ0v) is 18.5. The summed E-state index contributed by atoms with van der Waals surface area (Å²) in [6, 6.07) is 20.7. The van der Waals surface area contributed by atoms with Crippen molar-refractivity contribution in [2.24, 2.45) is 0 Å². The Labute approximate surface area is 187 Å². The summed E-state index contributed by atoms with van der Waals surface area (Å²) in [5, 5.41) is 12.8. The number of nitrogens with one attached hydrogen (secondary N) is 1. The molecule has 3 rings (SSSR count). The molecule has 31 heavy (non-hydrogen) atoms. The topological polar surface area (TPSA) is 62.1 Å². The number of nitrogens with zero attached hydrogens (tertiary/aromatic N) is 1. The summed E-state index contributed by atoms with van der Waals surface area (Å²) < 4.78 is 5.99. The van der Waals surface area contributed by atoms with Gasteiger partial charge in [0.2, 0.25) is 0 Å². The summed E-state index contributed by atoms with van der Waals surface area (Å²) in [6.07, 6.45) is 1.53. The molecule has 0 aromatic heterocycles. The van der Waals surface area contributed by atoms with Crippen molar-refractivity contribution < 1.29 is 9.53 Å². The molecular weight excluding hydrogens is 408 g/mol. The normalized spacial score (nSPS) is 11.0. The van der Waals surface area contributed by atoms with E-state index in [0.717, 1.165) is 11.1 Å². The second kappa shape index (κ2) is 9.97. The number of hydrogen-bond donors (Lipinski definition) is 1. The van der Waals surface area contributed by atoms with Crippen LogP contribution in [0.5, 0.6) is 5.75 Å². The summed E-state index contributed by atoms with van der Waals surface area (Å²) in [4.78, 5) is 12.7. The van der Waals surface area contributed by atoms with Gasteiger partial charge in [0.15, 0.2) is 0 Å². The SMILES string of the molecule is Cc1ccc(COc2ccccc2/C=C(\C#N)C(=O)Nc2cc(Cl)ccc2C)cc1C. The second-order valence-corrected chi connectivity index (χ2v) is 7.76. The first-order valence-corrected chi connectivity index (χ1v) is 10.2. The summed E-state index contributed by atoms with van der Waals surface area (Å²) in [6.45, 7) is 6.38. The van der Waals surface area contributed by atoms with Gasteiger partial charge in [-0.05, 0) is 67.3 Å². The number of hydrogen-bond acceptors (Lipinski definition) is 3. The van der Waals surface area contributed by atoms with Crippen LogP contribution in [0.1, 0.15) is 27.8 Å². The lowest BCUT2D eigenvalue weighted by Crippen LogP contribution is -2.14. The van der Waals surface area contributed by atoms with Crippen LogP contribution < -0.4 is 10.1 Å². The van der Waals surface area contributed by atoms with Gasteiger partial charge >= 0.3 is 0 Å². The third-order valence-corrected chi connectivity index (χ3v) is 5.23. The highest BCUT2D eigenvalue weighted by atomic mass is 35.5. The molecule has 0 saturated heterocycles. The van der Waals surface area contributed by atoms with Gasteiger partial charge in [-0.1, -0.05) is 54.1 Å². The van der Waals surface area contributed by atoms with Crippen molar-refractivity contribution in [3.8, 4) is 11.8 Å². The molecule has 0 aliphatic rings. The highest BCUT2D eigenvalue weighted by molar-refractivity contribution is 6.31. The van der Waals surface area contributed by atoms with E-state index in [1.165, 1.54) is 17.2 Å². The Morgan fingerprint density at radius 2 is 1.77 bits per heavy atom. The Morgan fingerprint density at radius 3 is 2.52 bits per heavy atom. The molecule has 3 aromatic rings. The van der Waals surface area contributed by atoms with Crippen LogP contribution in [0, 0.1) is 32.1 Å². The standard InChI is InChI=1S/C26H23ClN2O2/c1-17-8-10-20(12-19(17)3)16-31-25-7-5-4-6-21(25)13-22(15-28)26(30)29-24-14-23(27)11-9-18(24)2/h4-14H,16H2,1-3H3,(H,29,30)/b22-13+. The molecule has 0 spiro atoms. The van der Waals surface area contributed by atoms with E-state index in [2.05, 4.69) is 31.3 Å². The first kappa shape index (κ1) is 22.1. The summed E-state index contributed by atoms with van der Waals surface area (Å²) in [7, 11) is 0. The van der Waals surface area contributed by atoms with Crippen molar-refractivity contribution in [2.75, 3.05) is 5.32 Å². The number of rotatable bonds is 6. The van der Waals surface area contributed by atoms with E-state index in [-0.39, 0.29) is 5.57 Å². The maximum Gasteiger partial charge on any atom is 0.266 e. The number of ether oxygens (including phenoxy) is 1. The minimum atomic E-state index is -0.503. The van der Waals surface area contributed by atoms with Gasteiger partial charge < -0.3 is 10.1 Å². The number of anilines is 1. The largest absolute Gasteiger partial charge is 0.488 e. The number of amides is 1. The monoisotopic (exact) mass is 430 g/mol. The predicted molar refractivity (Wildman–Crippen MR) is 125 cm³/mol. The van der Waals surface area contributed by atoms with Crippen LogP contribution in [0.4, 0.5) is 5.69 Å². The molecule has 0 atom stereocenters. The van der Waals surface area contributed by atoms with Crippen molar-refractivity contribution in [1.82, 2.24) is 0 Å². The van der Waals surface area contributed by atoms with Crippen LogP contribution in [0.15, 0.2) is 66.2 Å². The molecule has 5 heteroatoms. The van der Waals surface area contributed by atoms with E-state index in [0.29, 0.717) is 28.6 Å². The molecule has 0 radical (unpaired) electrons. The van der Waals surface area contributed by atoms with Crippen molar-refractivity contribution in [1.29, 1.82) is 5.26 Å². The molecule has 1 amide bonds. The van der Waals surface area contributed by atoms with Crippen LogP contribution in [-0.4, -0.2) is 5.91 Å². The molecule has 0 bridgehead atoms. The Bertz CT molecular complexity index is 1190. The molecule has 1 N–H and O–H groups in total. The molecule has 0 aliphatic heterocycles. The minimum Gasteiger partial charge on any atom is -0.488 e. The molecule has 0 fully saturated rings. The maximum atomic E-state index is 12.7. The maximum absolute atomic E-state index is 12.7. The number of carbonyl (C=O) groups excluding carboxylic acids is 1. The highest BCUT2D eigenvalue weighted by Crippen LogP contribution is 2.24. The van der Waals surface area contributed by atoms with Gasteiger partial charge in [-0.3, -0.25) is 4.79 Å². The van der Waals surface area contributed by atoms with Crippen LogP contribution in [0.2, 0.25) is 5.02 Å². The average Bonchev–Trinajstić information content (AvgIpc) is 2.76. The number of nitriles is 1. The van der Waals surface area contributed by atoms with Gasteiger partial charge in [-0.15, -0.1) is 0 Å². The molecule has 0 heterocycles. The molecule has 0 unspecified atom stereocenters. The number of halogens is 1. The van der Waals surface area contributed by atoms with Crippen LogP contribution in [0.3, 0.4) is 0 Å². The number of carbonyl (C=O) groups is 1. The third-order valence-electron chi connectivity index (χ3n) is 5.00. The quantitative estimate of drug-likeness (QED) is 0.364. The predicted octanol–water partition coefficient (Wildman–Crippen LogP) is 6.39. The fraction of sp³-hybridized carbons (Fsp3) is 0.154. The minimum absolute atomic E-state index is 0.0263. The third kappa shape index (κ3) is 5.75. The molecular formula is C26H23ClN2O2. The van der Waals surface area contributed by atoms with Gasteiger partial charge in [0.05, 0.1) is 0 Å². The Balaban J connectivity index is 1.80. The summed E-state index contributed by atoms with van der Waals surface area (Å²) in [5.41, 5.74) is 5.53. The van der Waals surface area contributed by atoms with Gasteiger partial charge in [0.25, 0.3) is 5.91 Å². The summed E-state index contributed by atoms with van der Waals surface area (Å²) in [5.74, 6) is 0.0945. The zero-order valence-electron chi connectivity index (χ0n) is 17.7. The van der Waals surface area contributed by atoms with Crippen molar-refractivity contribution in [3.63, 3.8) is 0 Å². The zero-order chi connectivity index (χ0) is 22.4. The molecule has 0 aliphatic carbocycles. The molecule has 4 nitrogen and oxygen atoms in total. The second-order valence-electron chi connectivity index (χ2n) is 7.33. The van der Waals surface area contributed by atoms with E-state index >= 15 is 0 Å². The van der Waals surface area contributed by atoms with E-state index in [9.17, 15) is 10.1 Å². The Hall–Kier alpha value is -3.55. The molecule has 3 aromatic carbocycles. The van der Waals surface area contributed by atoms with Gasteiger partial charge in [0.1, 0.15) is 24.0 Å². The lowest BCUT2D eigenvalue weighted by Gasteiger charge is -2.11. The highest BCUT2D eigenvalue weighted by Gasteiger charge is 2.13. The first-order chi connectivity index (χ1) is 14.9. The van der Waals surface area contributed by atoms with Crippen molar-refractivity contribution in [2.45, 2.75) is 27.4 Å². The number of para-hydroxylation sites is 1.